The summed E-state index contributed by atoms with van der Waals surface area (Å²) < 4.78 is 0. The molecule has 23 heavy (non-hydrogen) atoms. The van der Waals surface area contributed by atoms with E-state index in [9.17, 15) is 19.5 Å². The number of Topliss-reactive ketones (excluding diaryl/α,β-unsaturated/α-hetero) is 2. The molecule has 10 heteroatoms. The fraction of sp³-hybridized carbons (Fsp3) is 0.154. The standard InChI is InChI=1S/C13H12N6O4/c14-12(11(21)9-4-2-6-16-18-9)19(13(22)23)7-10(20)8-3-1-5-15-17-8/h1-6,12H,7,14H2,(H,22,23). The number of hydrogen-bond acceptors (Lipinski definition) is 8. The first-order valence-corrected chi connectivity index (χ1v) is 6.38. The number of hydrogen-bond donors (Lipinski definition) is 2. The van der Waals surface area contributed by atoms with E-state index < -0.39 is 30.4 Å². The Balaban J connectivity index is 2.16. The maximum atomic E-state index is 12.1. The second-order valence-electron chi connectivity index (χ2n) is 4.36. The molecule has 0 aromatic carbocycles. The Kier molecular flexibility index (Phi) is 5.00. The zero-order chi connectivity index (χ0) is 16.8. The van der Waals surface area contributed by atoms with Gasteiger partial charge in [-0.1, -0.05) is 0 Å². The van der Waals surface area contributed by atoms with Crippen LogP contribution in [0.15, 0.2) is 36.7 Å². The highest BCUT2D eigenvalue weighted by atomic mass is 16.4. The molecule has 2 rings (SSSR count). The van der Waals surface area contributed by atoms with Gasteiger partial charge in [-0.15, -0.1) is 10.2 Å². The summed E-state index contributed by atoms with van der Waals surface area (Å²) >= 11 is 0. The van der Waals surface area contributed by atoms with Crippen molar-refractivity contribution in [3.63, 3.8) is 0 Å². The van der Waals surface area contributed by atoms with E-state index in [1.54, 1.807) is 0 Å². The van der Waals surface area contributed by atoms with E-state index in [1.165, 1.54) is 36.7 Å². The van der Waals surface area contributed by atoms with Crippen molar-refractivity contribution in [1.82, 2.24) is 25.3 Å². The zero-order valence-electron chi connectivity index (χ0n) is 11.7. The van der Waals surface area contributed by atoms with Gasteiger partial charge in [0, 0.05) is 12.4 Å². The number of amides is 1. The second-order valence-corrected chi connectivity index (χ2v) is 4.36. The number of nitrogens with zero attached hydrogens (tertiary/aromatic N) is 5. The van der Waals surface area contributed by atoms with Crippen LogP contribution in [0.1, 0.15) is 21.0 Å². The van der Waals surface area contributed by atoms with E-state index in [-0.39, 0.29) is 11.4 Å². The van der Waals surface area contributed by atoms with Crippen molar-refractivity contribution in [2.75, 3.05) is 6.54 Å². The van der Waals surface area contributed by atoms with Crippen molar-refractivity contribution >= 4 is 17.7 Å². The largest absolute Gasteiger partial charge is 0.465 e. The van der Waals surface area contributed by atoms with Gasteiger partial charge in [-0.05, 0) is 24.3 Å². The third-order valence-corrected chi connectivity index (χ3v) is 2.85. The Hall–Kier alpha value is -3.27. The van der Waals surface area contributed by atoms with Crippen molar-refractivity contribution in [3.8, 4) is 0 Å². The van der Waals surface area contributed by atoms with E-state index >= 15 is 0 Å². The van der Waals surface area contributed by atoms with Gasteiger partial charge >= 0.3 is 6.09 Å². The Bertz CT molecular complexity index is 709. The SMILES string of the molecule is NC(C(=O)c1cccnn1)N(CC(=O)c1cccnn1)C(=O)O. The minimum absolute atomic E-state index is 0.0297. The second kappa shape index (κ2) is 7.13. The average molecular weight is 316 g/mol. The minimum atomic E-state index is -1.59. The van der Waals surface area contributed by atoms with Crippen LogP contribution in [-0.4, -0.2) is 60.8 Å². The van der Waals surface area contributed by atoms with Crippen LogP contribution in [0.25, 0.3) is 0 Å². The summed E-state index contributed by atoms with van der Waals surface area (Å²) in [5.41, 5.74) is 5.53. The predicted molar refractivity (Wildman–Crippen MR) is 75.4 cm³/mol. The highest BCUT2D eigenvalue weighted by Gasteiger charge is 2.30. The third kappa shape index (κ3) is 3.89. The van der Waals surface area contributed by atoms with Gasteiger partial charge in [0.25, 0.3) is 0 Å². The average Bonchev–Trinajstić information content (AvgIpc) is 2.59. The van der Waals surface area contributed by atoms with Crippen LogP contribution in [0.5, 0.6) is 0 Å². The first-order chi connectivity index (χ1) is 11.0. The van der Waals surface area contributed by atoms with Crippen molar-refractivity contribution < 1.29 is 19.5 Å². The van der Waals surface area contributed by atoms with Crippen LogP contribution >= 0.6 is 0 Å². The molecule has 0 bridgehead atoms. The van der Waals surface area contributed by atoms with Crippen LogP contribution in [0.3, 0.4) is 0 Å². The number of aromatic nitrogens is 4. The van der Waals surface area contributed by atoms with Gasteiger partial charge < -0.3 is 10.8 Å². The quantitative estimate of drug-likeness (QED) is 0.535. The van der Waals surface area contributed by atoms with Crippen molar-refractivity contribution in [2.45, 2.75) is 6.17 Å². The molecule has 0 aliphatic rings. The molecule has 1 unspecified atom stereocenters. The summed E-state index contributed by atoms with van der Waals surface area (Å²) in [6, 6.07) is 5.67. The molecule has 2 aromatic heterocycles. The third-order valence-electron chi connectivity index (χ3n) is 2.85. The lowest BCUT2D eigenvalue weighted by Crippen LogP contribution is -2.52. The molecular weight excluding hydrogens is 304 g/mol. The summed E-state index contributed by atoms with van der Waals surface area (Å²) in [4.78, 5) is 36.0. The van der Waals surface area contributed by atoms with E-state index in [0.717, 1.165) is 0 Å². The Morgan fingerprint density at radius 1 is 1.09 bits per heavy atom. The molecule has 0 spiro atoms. The molecule has 2 aromatic rings. The van der Waals surface area contributed by atoms with Crippen LogP contribution in [0, 0.1) is 0 Å². The normalized spacial score (nSPS) is 11.5. The van der Waals surface area contributed by atoms with E-state index in [1.807, 2.05) is 0 Å². The number of carbonyl (C=O) groups excluding carboxylic acids is 2. The van der Waals surface area contributed by atoms with Gasteiger partial charge in [-0.3, -0.25) is 14.5 Å². The maximum absolute atomic E-state index is 12.1. The Morgan fingerprint density at radius 3 is 2.13 bits per heavy atom. The topological polar surface area (TPSA) is 152 Å². The molecule has 0 saturated carbocycles. The molecule has 0 radical (unpaired) electrons. The van der Waals surface area contributed by atoms with E-state index in [4.69, 9.17) is 5.73 Å². The molecule has 0 saturated heterocycles. The monoisotopic (exact) mass is 316 g/mol. The maximum Gasteiger partial charge on any atom is 0.409 e. The summed E-state index contributed by atoms with van der Waals surface area (Å²) in [6.07, 6.45) is -0.388. The van der Waals surface area contributed by atoms with Crippen LogP contribution < -0.4 is 5.73 Å². The number of ketones is 2. The number of nitrogens with two attached hydrogens (primary N) is 1. The summed E-state index contributed by atoms with van der Waals surface area (Å²) in [5.74, 6) is -1.41. The predicted octanol–water partition coefficient (Wildman–Crippen LogP) is -0.403. The lowest BCUT2D eigenvalue weighted by atomic mass is 10.2. The molecule has 0 fully saturated rings. The molecule has 3 N–H and O–H groups in total. The molecule has 1 amide bonds. The minimum Gasteiger partial charge on any atom is -0.465 e. The van der Waals surface area contributed by atoms with Gasteiger partial charge in [0.1, 0.15) is 17.6 Å². The Labute approximate surface area is 130 Å². The van der Waals surface area contributed by atoms with E-state index in [2.05, 4.69) is 20.4 Å². The fourth-order valence-electron chi connectivity index (χ4n) is 1.70. The Morgan fingerprint density at radius 2 is 1.65 bits per heavy atom. The van der Waals surface area contributed by atoms with Crippen LogP contribution in [0.4, 0.5) is 4.79 Å². The summed E-state index contributed by atoms with van der Waals surface area (Å²) in [5, 5.41) is 23.4. The first-order valence-electron chi connectivity index (χ1n) is 6.38. The van der Waals surface area contributed by atoms with Gasteiger partial charge in [-0.2, -0.15) is 10.2 Å². The smallest absolute Gasteiger partial charge is 0.409 e. The van der Waals surface area contributed by atoms with Gasteiger partial charge in [0.2, 0.25) is 11.6 Å². The number of carbonyl (C=O) groups is 3. The summed E-state index contributed by atoms with van der Waals surface area (Å²) in [7, 11) is 0. The van der Waals surface area contributed by atoms with Crippen LogP contribution in [0.2, 0.25) is 0 Å². The molecule has 10 nitrogen and oxygen atoms in total. The molecule has 2 heterocycles. The van der Waals surface area contributed by atoms with Crippen molar-refractivity contribution in [3.05, 3.63) is 48.0 Å². The van der Waals surface area contributed by atoms with E-state index in [0.29, 0.717) is 4.90 Å². The lowest BCUT2D eigenvalue weighted by Gasteiger charge is -2.23. The van der Waals surface area contributed by atoms with Crippen LogP contribution in [-0.2, 0) is 0 Å². The molecule has 1 atom stereocenters. The number of rotatable bonds is 6. The molecule has 0 aliphatic carbocycles. The highest BCUT2D eigenvalue weighted by molar-refractivity contribution is 6.01. The summed E-state index contributed by atoms with van der Waals surface area (Å²) in [6.45, 7) is -0.638. The lowest BCUT2D eigenvalue weighted by molar-refractivity contribution is 0.0736. The molecule has 118 valence electrons. The van der Waals surface area contributed by atoms with Gasteiger partial charge in [0.15, 0.2) is 0 Å². The first kappa shape index (κ1) is 16.1. The molecular formula is C13H12N6O4. The van der Waals surface area contributed by atoms with Gasteiger partial charge in [0.05, 0.1) is 6.54 Å². The molecule has 0 aliphatic heterocycles. The highest BCUT2D eigenvalue weighted by Crippen LogP contribution is 2.05. The van der Waals surface area contributed by atoms with Crippen molar-refractivity contribution in [2.24, 2.45) is 5.73 Å². The van der Waals surface area contributed by atoms with Crippen molar-refractivity contribution in [1.29, 1.82) is 0 Å². The van der Waals surface area contributed by atoms with Gasteiger partial charge in [-0.25, -0.2) is 4.79 Å². The zero-order valence-corrected chi connectivity index (χ0v) is 11.7. The fourth-order valence-corrected chi connectivity index (χ4v) is 1.70. The number of carboxylic acid groups (broad SMARTS) is 1.